The van der Waals surface area contributed by atoms with Crippen LogP contribution in [0.25, 0.3) is 22.2 Å². The first kappa shape index (κ1) is 21.3. The number of anilines is 1. The number of pyridine rings is 1. The summed E-state index contributed by atoms with van der Waals surface area (Å²) in [6, 6.07) is 25.9. The summed E-state index contributed by atoms with van der Waals surface area (Å²) in [4.78, 5) is 20.7. The molecule has 166 valence electrons. The number of para-hydroxylation sites is 2. The molecule has 0 aliphatic carbocycles. The molecule has 0 atom stereocenters. The van der Waals surface area contributed by atoms with Crippen molar-refractivity contribution in [3.63, 3.8) is 0 Å². The molecule has 0 radical (unpaired) electrons. The fourth-order valence-corrected chi connectivity index (χ4v) is 4.21. The zero-order valence-corrected chi connectivity index (χ0v) is 18.8. The average Bonchev–Trinajstić information content (AvgIpc) is 2.85. The SMILES string of the molecule is Cc1ccc(-c2cc(C(=O)Nc3ccccc3CN3CCOCC3)c3ccccc3n2)cc1. The summed E-state index contributed by atoms with van der Waals surface area (Å²) in [7, 11) is 0. The van der Waals surface area contributed by atoms with Gasteiger partial charge in [0.15, 0.2) is 0 Å². The molecule has 2 heterocycles. The minimum atomic E-state index is -0.128. The number of fused-ring (bicyclic) bond motifs is 1. The van der Waals surface area contributed by atoms with E-state index in [9.17, 15) is 4.79 Å². The molecule has 1 aromatic heterocycles. The smallest absolute Gasteiger partial charge is 0.256 e. The third-order valence-electron chi connectivity index (χ3n) is 6.07. The predicted octanol–water partition coefficient (Wildman–Crippen LogP) is 5.29. The highest BCUT2D eigenvalue weighted by atomic mass is 16.5. The zero-order chi connectivity index (χ0) is 22.6. The van der Waals surface area contributed by atoms with Crippen LogP contribution in [-0.2, 0) is 11.3 Å². The Kier molecular flexibility index (Phi) is 6.15. The Morgan fingerprint density at radius 2 is 1.70 bits per heavy atom. The maximum Gasteiger partial charge on any atom is 0.256 e. The van der Waals surface area contributed by atoms with Crippen molar-refractivity contribution >= 4 is 22.5 Å². The molecule has 0 spiro atoms. The molecule has 5 nitrogen and oxygen atoms in total. The molecule has 1 N–H and O–H groups in total. The quantitative estimate of drug-likeness (QED) is 0.461. The number of amides is 1. The van der Waals surface area contributed by atoms with E-state index in [2.05, 4.69) is 35.3 Å². The van der Waals surface area contributed by atoms with E-state index in [4.69, 9.17) is 9.72 Å². The molecule has 5 rings (SSSR count). The second-order valence-electron chi connectivity index (χ2n) is 8.44. The van der Waals surface area contributed by atoms with E-state index >= 15 is 0 Å². The minimum Gasteiger partial charge on any atom is -0.379 e. The second-order valence-corrected chi connectivity index (χ2v) is 8.44. The van der Waals surface area contributed by atoms with E-state index in [0.29, 0.717) is 5.56 Å². The summed E-state index contributed by atoms with van der Waals surface area (Å²) in [5.74, 6) is -0.128. The lowest BCUT2D eigenvalue weighted by Crippen LogP contribution is -2.35. The number of carbonyl (C=O) groups is 1. The topological polar surface area (TPSA) is 54.5 Å². The van der Waals surface area contributed by atoms with Crippen molar-refractivity contribution in [2.75, 3.05) is 31.6 Å². The second kappa shape index (κ2) is 9.53. The van der Waals surface area contributed by atoms with Gasteiger partial charge in [-0.25, -0.2) is 4.98 Å². The Balaban J connectivity index is 1.48. The molecular formula is C28H27N3O2. The standard InChI is InChI=1S/C28H27N3O2/c1-20-10-12-21(13-11-20)27-18-24(23-7-3-5-9-26(23)29-27)28(32)30-25-8-4-2-6-22(25)19-31-14-16-33-17-15-31/h2-13,18H,14-17,19H2,1H3,(H,30,32). The zero-order valence-electron chi connectivity index (χ0n) is 18.8. The maximum atomic E-state index is 13.5. The average molecular weight is 438 g/mol. The van der Waals surface area contributed by atoms with Crippen molar-refractivity contribution in [2.45, 2.75) is 13.5 Å². The number of hydrogen-bond acceptors (Lipinski definition) is 4. The van der Waals surface area contributed by atoms with Crippen LogP contribution < -0.4 is 5.32 Å². The Morgan fingerprint density at radius 1 is 0.970 bits per heavy atom. The van der Waals surface area contributed by atoms with Crippen molar-refractivity contribution in [1.29, 1.82) is 0 Å². The largest absolute Gasteiger partial charge is 0.379 e. The number of nitrogens with zero attached hydrogens (tertiary/aromatic N) is 2. The van der Waals surface area contributed by atoms with E-state index in [1.807, 2.05) is 60.7 Å². The fourth-order valence-electron chi connectivity index (χ4n) is 4.21. The van der Waals surface area contributed by atoms with Crippen molar-refractivity contribution in [1.82, 2.24) is 9.88 Å². The van der Waals surface area contributed by atoms with Crippen LogP contribution in [0.3, 0.4) is 0 Å². The van der Waals surface area contributed by atoms with Crippen LogP contribution in [0.15, 0.2) is 78.9 Å². The van der Waals surface area contributed by atoms with Gasteiger partial charge in [0.1, 0.15) is 0 Å². The van der Waals surface area contributed by atoms with E-state index in [1.54, 1.807) is 0 Å². The molecule has 0 bridgehead atoms. The normalized spacial score (nSPS) is 14.3. The Bertz CT molecular complexity index is 1280. The summed E-state index contributed by atoms with van der Waals surface area (Å²) < 4.78 is 5.47. The number of benzene rings is 3. The number of ether oxygens (including phenoxy) is 1. The molecule has 5 heteroatoms. The lowest BCUT2D eigenvalue weighted by Gasteiger charge is -2.27. The first-order chi connectivity index (χ1) is 16.2. The number of aryl methyl sites for hydroxylation is 1. The highest BCUT2D eigenvalue weighted by Crippen LogP contribution is 2.27. The molecule has 1 amide bonds. The van der Waals surface area contributed by atoms with E-state index in [0.717, 1.165) is 66.3 Å². The molecule has 1 fully saturated rings. The fraction of sp³-hybridized carbons (Fsp3) is 0.214. The number of rotatable bonds is 5. The van der Waals surface area contributed by atoms with Crippen molar-refractivity contribution < 1.29 is 9.53 Å². The van der Waals surface area contributed by atoms with Crippen LogP contribution in [0.1, 0.15) is 21.5 Å². The predicted molar refractivity (Wildman–Crippen MR) is 132 cm³/mol. The first-order valence-electron chi connectivity index (χ1n) is 11.3. The van der Waals surface area contributed by atoms with Crippen molar-refractivity contribution in [3.05, 3.63) is 95.6 Å². The van der Waals surface area contributed by atoms with Gasteiger partial charge in [-0.15, -0.1) is 0 Å². The molecule has 1 saturated heterocycles. The molecule has 1 aliphatic rings. The molecule has 4 aromatic rings. The maximum absolute atomic E-state index is 13.5. The van der Waals surface area contributed by atoms with Crippen LogP contribution >= 0.6 is 0 Å². The highest BCUT2D eigenvalue weighted by molar-refractivity contribution is 6.13. The summed E-state index contributed by atoms with van der Waals surface area (Å²) in [6.07, 6.45) is 0. The van der Waals surface area contributed by atoms with Crippen molar-refractivity contribution in [3.8, 4) is 11.3 Å². The Morgan fingerprint density at radius 3 is 2.52 bits per heavy atom. The van der Waals surface area contributed by atoms with Gasteiger partial charge in [0.2, 0.25) is 0 Å². The number of morpholine rings is 1. The van der Waals surface area contributed by atoms with Gasteiger partial charge in [0, 0.05) is 36.3 Å². The summed E-state index contributed by atoms with van der Waals surface area (Å²) in [6.45, 7) is 6.14. The summed E-state index contributed by atoms with van der Waals surface area (Å²) >= 11 is 0. The Hall–Kier alpha value is -3.54. The Labute approximate surface area is 194 Å². The molecular weight excluding hydrogens is 410 g/mol. The number of hydrogen-bond donors (Lipinski definition) is 1. The van der Waals surface area contributed by atoms with E-state index < -0.39 is 0 Å². The van der Waals surface area contributed by atoms with Crippen LogP contribution in [-0.4, -0.2) is 42.1 Å². The summed E-state index contributed by atoms with van der Waals surface area (Å²) in [5.41, 5.74) is 6.35. The van der Waals surface area contributed by atoms with Crippen LogP contribution in [0.4, 0.5) is 5.69 Å². The van der Waals surface area contributed by atoms with Gasteiger partial charge in [-0.2, -0.15) is 0 Å². The highest BCUT2D eigenvalue weighted by Gasteiger charge is 2.17. The van der Waals surface area contributed by atoms with E-state index in [1.165, 1.54) is 5.56 Å². The van der Waals surface area contributed by atoms with Gasteiger partial charge in [-0.05, 0) is 30.7 Å². The number of aromatic nitrogens is 1. The monoisotopic (exact) mass is 437 g/mol. The molecule has 0 unspecified atom stereocenters. The van der Waals surface area contributed by atoms with Crippen LogP contribution in [0.5, 0.6) is 0 Å². The minimum absolute atomic E-state index is 0.128. The van der Waals surface area contributed by atoms with Crippen molar-refractivity contribution in [2.24, 2.45) is 0 Å². The van der Waals surface area contributed by atoms with Gasteiger partial charge in [0.25, 0.3) is 5.91 Å². The van der Waals surface area contributed by atoms with E-state index in [-0.39, 0.29) is 5.91 Å². The molecule has 0 saturated carbocycles. The van der Waals surface area contributed by atoms with Gasteiger partial charge >= 0.3 is 0 Å². The van der Waals surface area contributed by atoms with Gasteiger partial charge < -0.3 is 10.1 Å². The summed E-state index contributed by atoms with van der Waals surface area (Å²) in [5, 5.41) is 4.02. The molecule has 1 aliphatic heterocycles. The van der Waals surface area contributed by atoms with Gasteiger partial charge in [0.05, 0.1) is 30.0 Å². The van der Waals surface area contributed by atoms with Gasteiger partial charge in [-0.3, -0.25) is 9.69 Å². The number of carbonyl (C=O) groups excluding carboxylic acids is 1. The third-order valence-corrected chi connectivity index (χ3v) is 6.07. The van der Waals surface area contributed by atoms with Crippen LogP contribution in [0.2, 0.25) is 0 Å². The van der Waals surface area contributed by atoms with Crippen LogP contribution in [0, 0.1) is 6.92 Å². The first-order valence-corrected chi connectivity index (χ1v) is 11.3. The third kappa shape index (κ3) is 4.80. The molecule has 3 aromatic carbocycles. The molecule has 33 heavy (non-hydrogen) atoms. The lowest BCUT2D eigenvalue weighted by atomic mass is 10.0. The lowest BCUT2D eigenvalue weighted by molar-refractivity contribution is 0.0342. The number of nitrogens with one attached hydrogen (secondary N) is 1. The van der Waals surface area contributed by atoms with Gasteiger partial charge in [-0.1, -0.05) is 66.2 Å².